The molecule has 4 nitrogen and oxygen atoms in total. The quantitative estimate of drug-likeness (QED) is 0.835. The molecule has 1 aromatic carbocycles. The number of anilines is 1. The number of carbonyl (C=O) groups is 1. The van der Waals surface area contributed by atoms with Crippen LogP contribution in [0, 0.1) is 5.41 Å². The van der Waals surface area contributed by atoms with Crippen molar-refractivity contribution in [2.75, 3.05) is 25.9 Å². The molecule has 0 bridgehead atoms. The van der Waals surface area contributed by atoms with Crippen LogP contribution >= 0.6 is 15.9 Å². The summed E-state index contributed by atoms with van der Waals surface area (Å²) in [6.45, 7) is 4.53. The third-order valence-electron chi connectivity index (χ3n) is 3.83. The van der Waals surface area contributed by atoms with Crippen molar-refractivity contribution >= 4 is 27.5 Å². The highest BCUT2D eigenvalue weighted by Gasteiger charge is 2.39. The number of hydrogen-bond acceptors (Lipinski definition) is 3. The van der Waals surface area contributed by atoms with Gasteiger partial charge in [0.25, 0.3) is 0 Å². The molecule has 1 heterocycles. The number of nitrogens with zero attached hydrogens (tertiary/aromatic N) is 1. The van der Waals surface area contributed by atoms with Crippen molar-refractivity contribution in [3.63, 3.8) is 0 Å². The van der Waals surface area contributed by atoms with Gasteiger partial charge < -0.3 is 11.1 Å². The number of hydrogen-bond donors (Lipinski definition) is 2. The van der Waals surface area contributed by atoms with E-state index in [2.05, 4.69) is 26.1 Å². The fraction of sp³-hybridized carbons (Fsp3) is 0.500. The van der Waals surface area contributed by atoms with Crippen molar-refractivity contribution in [2.24, 2.45) is 5.41 Å². The summed E-state index contributed by atoms with van der Waals surface area (Å²) in [6, 6.07) is 5.96. The first kappa shape index (κ1) is 14.3. The van der Waals surface area contributed by atoms with Crippen LogP contribution in [0.3, 0.4) is 0 Å². The van der Waals surface area contributed by atoms with E-state index in [-0.39, 0.29) is 11.3 Å². The van der Waals surface area contributed by atoms with Gasteiger partial charge >= 0.3 is 0 Å². The molecule has 104 valence electrons. The molecular weight excluding hydrogens is 306 g/mol. The molecule has 1 amide bonds. The van der Waals surface area contributed by atoms with Gasteiger partial charge in [0.1, 0.15) is 0 Å². The molecule has 0 aliphatic carbocycles. The van der Waals surface area contributed by atoms with Crippen LogP contribution in [0.15, 0.2) is 22.7 Å². The van der Waals surface area contributed by atoms with Crippen molar-refractivity contribution in [1.29, 1.82) is 0 Å². The lowest BCUT2D eigenvalue weighted by atomic mass is 9.89. The summed E-state index contributed by atoms with van der Waals surface area (Å²) in [6.07, 6.45) is 0.892. The Hall–Kier alpha value is -1.07. The molecule has 1 unspecified atom stereocenters. The van der Waals surface area contributed by atoms with Crippen molar-refractivity contribution < 1.29 is 4.79 Å². The Kier molecular flexibility index (Phi) is 4.16. The molecular formula is C14H20BrN3O. The topological polar surface area (TPSA) is 58.4 Å². The Labute approximate surface area is 122 Å². The van der Waals surface area contributed by atoms with Crippen molar-refractivity contribution in [1.82, 2.24) is 10.2 Å². The van der Waals surface area contributed by atoms with Gasteiger partial charge in [-0.15, -0.1) is 0 Å². The highest BCUT2D eigenvalue weighted by molar-refractivity contribution is 9.10. The molecule has 0 radical (unpaired) electrons. The van der Waals surface area contributed by atoms with Gasteiger partial charge in [-0.1, -0.05) is 22.0 Å². The Morgan fingerprint density at radius 1 is 1.58 bits per heavy atom. The first-order valence-electron chi connectivity index (χ1n) is 6.43. The largest absolute Gasteiger partial charge is 0.398 e. The summed E-state index contributed by atoms with van der Waals surface area (Å²) in [7, 11) is 1.70. The molecule has 1 aromatic rings. The molecule has 5 heteroatoms. The Morgan fingerprint density at radius 3 is 2.95 bits per heavy atom. The average molecular weight is 326 g/mol. The molecule has 1 aliphatic rings. The zero-order valence-corrected chi connectivity index (χ0v) is 13.0. The lowest BCUT2D eigenvalue weighted by Crippen LogP contribution is -2.39. The zero-order chi connectivity index (χ0) is 14.0. The molecule has 1 saturated heterocycles. The Morgan fingerprint density at radius 2 is 2.32 bits per heavy atom. The maximum Gasteiger partial charge on any atom is 0.227 e. The number of amides is 1. The monoisotopic (exact) mass is 325 g/mol. The minimum absolute atomic E-state index is 0.124. The number of halogens is 1. The zero-order valence-electron chi connectivity index (χ0n) is 11.4. The van der Waals surface area contributed by atoms with E-state index in [0.717, 1.165) is 41.8 Å². The van der Waals surface area contributed by atoms with Gasteiger partial charge in [-0.3, -0.25) is 9.69 Å². The predicted molar refractivity (Wildman–Crippen MR) is 80.6 cm³/mol. The Balaban J connectivity index is 2.04. The fourth-order valence-electron chi connectivity index (χ4n) is 2.63. The second-order valence-electron chi connectivity index (χ2n) is 5.44. The van der Waals surface area contributed by atoms with Gasteiger partial charge in [0, 0.05) is 30.3 Å². The molecule has 0 aromatic heterocycles. The van der Waals surface area contributed by atoms with Gasteiger partial charge in [-0.2, -0.15) is 0 Å². The van der Waals surface area contributed by atoms with E-state index < -0.39 is 0 Å². The summed E-state index contributed by atoms with van der Waals surface area (Å²) in [5.74, 6) is 0.124. The molecule has 1 fully saturated rings. The number of carbonyl (C=O) groups excluding carboxylic acids is 1. The first-order chi connectivity index (χ1) is 8.94. The number of nitrogens with one attached hydrogen (secondary N) is 1. The number of rotatable bonds is 3. The average Bonchev–Trinajstić information content (AvgIpc) is 2.75. The summed E-state index contributed by atoms with van der Waals surface area (Å²) in [5.41, 5.74) is 7.65. The molecule has 0 saturated carbocycles. The molecule has 0 spiro atoms. The second kappa shape index (κ2) is 5.51. The van der Waals surface area contributed by atoms with Crippen molar-refractivity contribution in [3.8, 4) is 0 Å². The molecule has 1 aliphatic heterocycles. The van der Waals surface area contributed by atoms with E-state index >= 15 is 0 Å². The second-order valence-corrected chi connectivity index (χ2v) is 6.36. The van der Waals surface area contributed by atoms with Crippen LogP contribution < -0.4 is 11.1 Å². The number of nitrogen functional groups attached to an aromatic ring is 1. The first-order valence-corrected chi connectivity index (χ1v) is 7.22. The molecule has 19 heavy (non-hydrogen) atoms. The normalized spacial score (nSPS) is 23.5. The van der Waals surface area contributed by atoms with Crippen LogP contribution in [0.4, 0.5) is 5.69 Å². The third kappa shape index (κ3) is 3.09. The fourth-order valence-corrected chi connectivity index (χ4v) is 3.01. The molecule has 2 rings (SSSR count). The molecule has 1 atom stereocenters. The van der Waals surface area contributed by atoms with Gasteiger partial charge in [0.05, 0.1) is 5.41 Å². The highest BCUT2D eigenvalue weighted by atomic mass is 79.9. The third-order valence-corrected chi connectivity index (χ3v) is 4.32. The minimum Gasteiger partial charge on any atom is -0.398 e. The van der Waals surface area contributed by atoms with E-state index in [9.17, 15) is 4.79 Å². The summed E-state index contributed by atoms with van der Waals surface area (Å²) < 4.78 is 0.991. The summed E-state index contributed by atoms with van der Waals surface area (Å²) in [4.78, 5) is 14.2. The molecule has 3 N–H and O–H groups in total. The van der Waals surface area contributed by atoms with Crippen LogP contribution in [0.5, 0.6) is 0 Å². The standard InChI is InChI=1S/C14H20BrN3O/c1-14(13(19)17-2)5-6-18(9-14)8-10-3-4-11(15)7-12(10)16/h3-4,7H,5-6,8-9,16H2,1-2H3,(H,17,19). The van der Waals surface area contributed by atoms with Crippen molar-refractivity contribution in [3.05, 3.63) is 28.2 Å². The highest BCUT2D eigenvalue weighted by Crippen LogP contribution is 2.31. The van der Waals surface area contributed by atoms with Crippen LogP contribution in [0.25, 0.3) is 0 Å². The van der Waals surface area contributed by atoms with Gasteiger partial charge in [0.2, 0.25) is 5.91 Å². The van der Waals surface area contributed by atoms with E-state index in [1.54, 1.807) is 7.05 Å². The van der Waals surface area contributed by atoms with Crippen LogP contribution in [-0.4, -0.2) is 30.9 Å². The summed E-state index contributed by atoms with van der Waals surface area (Å²) in [5, 5.41) is 2.75. The van der Waals surface area contributed by atoms with Gasteiger partial charge in [-0.25, -0.2) is 0 Å². The maximum atomic E-state index is 11.9. The predicted octanol–water partition coefficient (Wildman–Crippen LogP) is 1.99. The number of nitrogens with two attached hydrogens (primary N) is 1. The lowest BCUT2D eigenvalue weighted by molar-refractivity contribution is -0.129. The SMILES string of the molecule is CNC(=O)C1(C)CCN(Cc2ccc(Br)cc2N)C1. The number of likely N-dealkylation sites (tertiary alicyclic amines) is 1. The van der Waals surface area contributed by atoms with E-state index in [4.69, 9.17) is 5.73 Å². The van der Waals surface area contributed by atoms with Gasteiger partial charge in [0.15, 0.2) is 0 Å². The summed E-state index contributed by atoms with van der Waals surface area (Å²) >= 11 is 3.41. The van der Waals surface area contributed by atoms with E-state index in [1.807, 2.05) is 25.1 Å². The van der Waals surface area contributed by atoms with E-state index in [0.29, 0.717) is 0 Å². The van der Waals surface area contributed by atoms with Crippen LogP contribution in [-0.2, 0) is 11.3 Å². The van der Waals surface area contributed by atoms with E-state index in [1.165, 1.54) is 0 Å². The van der Waals surface area contributed by atoms with Crippen molar-refractivity contribution in [2.45, 2.75) is 19.9 Å². The number of benzene rings is 1. The maximum absolute atomic E-state index is 11.9. The van der Waals surface area contributed by atoms with Crippen LogP contribution in [0.1, 0.15) is 18.9 Å². The smallest absolute Gasteiger partial charge is 0.227 e. The van der Waals surface area contributed by atoms with Gasteiger partial charge in [-0.05, 0) is 37.6 Å². The lowest BCUT2D eigenvalue weighted by Gasteiger charge is -2.23. The Bertz CT molecular complexity index is 492. The minimum atomic E-state index is -0.279. The van der Waals surface area contributed by atoms with Crippen LogP contribution in [0.2, 0.25) is 0 Å².